The molecule has 5 heteroatoms. The molecule has 1 aromatic carbocycles. The molecular weight excluding hydrogens is 272 g/mol. The Kier molecular flexibility index (Phi) is 5.55. The van der Waals surface area contributed by atoms with E-state index in [1.165, 1.54) is 16.9 Å². The first-order valence-corrected chi connectivity index (χ1v) is 7.47. The third kappa shape index (κ3) is 4.66. The van der Waals surface area contributed by atoms with Crippen molar-refractivity contribution in [2.75, 3.05) is 12.4 Å². The number of hydrogen-bond donors (Lipinski definition) is 1. The quantitative estimate of drug-likeness (QED) is 0.794. The average Bonchev–Trinajstić information content (AvgIpc) is 2.97. The molecule has 0 atom stereocenters. The van der Waals surface area contributed by atoms with Gasteiger partial charge in [-0.15, -0.1) is 11.3 Å². The number of nitrogens with zero attached hydrogens (tertiary/aromatic N) is 1. The van der Waals surface area contributed by atoms with E-state index in [9.17, 15) is 4.79 Å². The number of nitrogens with one attached hydrogen (secondary N) is 1. The summed E-state index contributed by atoms with van der Waals surface area (Å²) in [6.45, 7) is 0. The minimum atomic E-state index is 0.0592. The standard InChI is InChI=1S/C15H18N2O2S/c1-19-13-8-6-12(7-9-13)4-2-3-5-14(18)17-15-10-16-11-20-15/h6-11H,2-5H2,1H3,(H,17,18). The van der Waals surface area contributed by atoms with Gasteiger partial charge in [-0.2, -0.15) is 0 Å². The molecule has 4 nitrogen and oxygen atoms in total. The van der Waals surface area contributed by atoms with E-state index >= 15 is 0 Å². The van der Waals surface area contributed by atoms with E-state index in [2.05, 4.69) is 22.4 Å². The highest BCUT2D eigenvalue weighted by atomic mass is 32.1. The number of hydrogen-bond acceptors (Lipinski definition) is 4. The van der Waals surface area contributed by atoms with E-state index in [0.717, 1.165) is 30.0 Å². The molecule has 1 heterocycles. The highest BCUT2D eigenvalue weighted by molar-refractivity contribution is 7.13. The summed E-state index contributed by atoms with van der Waals surface area (Å²) < 4.78 is 5.12. The lowest BCUT2D eigenvalue weighted by molar-refractivity contribution is -0.116. The van der Waals surface area contributed by atoms with Crippen molar-refractivity contribution in [1.82, 2.24) is 4.98 Å². The molecule has 2 aromatic rings. The zero-order valence-electron chi connectivity index (χ0n) is 11.5. The molecule has 0 aliphatic rings. The zero-order chi connectivity index (χ0) is 14.2. The topological polar surface area (TPSA) is 51.2 Å². The fourth-order valence-corrected chi connectivity index (χ4v) is 2.41. The van der Waals surface area contributed by atoms with Crippen molar-refractivity contribution in [2.45, 2.75) is 25.7 Å². The molecule has 0 saturated heterocycles. The minimum absolute atomic E-state index is 0.0592. The smallest absolute Gasteiger partial charge is 0.225 e. The Morgan fingerprint density at radius 3 is 2.75 bits per heavy atom. The molecule has 0 unspecified atom stereocenters. The number of amides is 1. The number of carbonyl (C=O) groups is 1. The molecule has 1 amide bonds. The SMILES string of the molecule is COc1ccc(CCCCC(=O)Nc2cncs2)cc1. The van der Waals surface area contributed by atoms with Gasteiger partial charge in [-0.25, -0.2) is 0 Å². The second-order valence-corrected chi connectivity index (χ2v) is 5.36. The number of carbonyl (C=O) groups excluding carboxylic acids is 1. The summed E-state index contributed by atoms with van der Waals surface area (Å²) in [6.07, 6.45) is 5.09. The average molecular weight is 290 g/mol. The summed E-state index contributed by atoms with van der Waals surface area (Å²) in [5.74, 6) is 0.932. The first-order valence-electron chi connectivity index (χ1n) is 6.59. The predicted molar refractivity (Wildman–Crippen MR) is 81.3 cm³/mol. The number of aryl methyl sites for hydroxylation is 1. The van der Waals surface area contributed by atoms with Crippen LogP contribution in [0.3, 0.4) is 0 Å². The number of aromatic nitrogens is 1. The van der Waals surface area contributed by atoms with Crippen molar-refractivity contribution in [3.8, 4) is 5.75 Å². The van der Waals surface area contributed by atoms with E-state index in [1.807, 2.05) is 12.1 Å². The largest absolute Gasteiger partial charge is 0.497 e. The fourth-order valence-electron chi connectivity index (χ4n) is 1.88. The van der Waals surface area contributed by atoms with Crippen LogP contribution in [0.4, 0.5) is 5.00 Å². The zero-order valence-corrected chi connectivity index (χ0v) is 12.3. The van der Waals surface area contributed by atoms with Crippen LogP contribution in [0.5, 0.6) is 5.75 Å². The number of anilines is 1. The van der Waals surface area contributed by atoms with Gasteiger partial charge < -0.3 is 10.1 Å². The molecule has 20 heavy (non-hydrogen) atoms. The second kappa shape index (κ2) is 7.65. The van der Waals surface area contributed by atoms with E-state index in [-0.39, 0.29) is 5.91 Å². The molecule has 0 aliphatic carbocycles. The monoisotopic (exact) mass is 290 g/mol. The van der Waals surface area contributed by atoms with Gasteiger partial charge in [0, 0.05) is 6.42 Å². The lowest BCUT2D eigenvalue weighted by Crippen LogP contribution is -2.10. The lowest BCUT2D eigenvalue weighted by atomic mass is 10.1. The Bertz CT molecular complexity index is 523. The number of methoxy groups -OCH3 is 1. The molecule has 1 N–H and O–H groups in total. The summed E-state index contributed by atoms with van der Waals surface area (Å²) in [5.41, 5.74) is 2.98. The highest BCUT2D eigenvalue weighted by Crippen LogP contribution is 2.15. The van der Waals surface area contributed by atoms with Crippen molar-refractivity contribution in [3.05, 3.63) is 41.5 Å². The van der Waals surface area contributed by atoms with Gasteiger partial charge >= 0.3 is 0 Å². The molecule has 0 spiro atoms. The third-order valence-corrected chi connectivity index (χ3v) is 3.66. The van der Waals surface area contributed by atoms with Crippen LogP contribution in [0.2, 0.25) is 0 Å². The van der Waals surface area contributed by atoms with Crippen molar-refractivity contribution in [2.24, 2.45) is 0 Å². The predicted octanol–water partition coefficient (Wildman–Crippen LogP) is 3.50. The van der Waals surface area contributed by atoms with Crippen LogP contribution in [0, 0.1) is 0 Å². The molecule has 0 radical (unpaired) electrons. The number of rotatable bonds is 7. The molecular formula is C15H18N2O2S. The first-order chi connectivity index (χ1) is 9.78. The number of benzene rings is 1. The first kappa shape index (κ1) is 14.5. The molecule has 106 valence electrons. The summed E-state index contributed by atoms with van der Waals surface area (Å²) in [5, 5.41) is 3.65. The molecule has 1 aromatic heterocycles. The maximum atomic E-state index is 11.7. The Hall–Kier alpha value is -1.88. The lowest BCUT2D eigenvalue weighted by Gasteiger charge is -2.04. The summed E-state index contributed by atoms with van der Waals surface area (Å²) in [4.78, 5) is 15.6. The van der Waals surface area contributed by atoms with E-state index in [0.29, 0.717) is 6.42 Å². The highest BCUT2D eigenvalue weighted by Gasteiger charge is 2.03. The maximum absolute atomic E-state index is 11.7. The van der Waals surface area contributed by atoms with Crippen LogP contribution >= 0.6 is 11.3 Å². The molecule has 0 fully saturated rings. The van der Waals surface area contributed by atoms with Crippen LogP contribution in [0.1, 0.15) is 24.8 Å². The van der Waals surface area contributed by atoms with Crippen LogP contribution in [0.15, 0.2) is 36.0 Å². The van der Waals surface area contributed by atoms with Crippen molar-refractivity contribution in [1.29, 1.82) is 0 Å². The molecule has 0 bridgehead atoms. The third-order valence-electron chi connectivity index (χ3n) is 2.97. The van der Waals surface area contributed by atoms with Crippen LogP contribution in [-0.4, -0.2) is 18.0 Å². The Morgan fingerprint density at radius 1 is 1.30 bits per heavy atom. The minimum Gasteiger partial charge on any atom is -0.497 e. The van der Waals surface area contributed by atoms with E-state index in [1.54, 1.807) is 18.8 Å². The maximum Gasteiger partial charge on any atom is 0.225 e. The summed E-state index contributed by atoms with van der Waals surface area (Å²) in [7, 11) is 1.66. The van der Waals surface area contributed by atoms with Gasteiger partial charge in [0.25, 0.3) is 0 Å². The van der Waals surface area contributed by atoms with Crippen LogP contribution in [0.25, 0.3) is 0 Å². The van der Waals surface area contributed by atoms with Gasteiger partial charge in [0.15, 0.2) is 0 Å². The van der Waals surface area contributed by atoms with Gasteiger partial charge in [-0.3, -0.25) is 9.78 Å². The van der Waals surface area contributed by atoms with Gasteiger partial charge in [0.2, 0.25) is 5.91 Å². The fraction of sp³-hybridized carbons (Fsp3) is 0.333. The molecule has 0 saturated carbocycles. The van der Waals surface area contributed by atoms with Crippen LogP contribution < -0.4 is 10.1 Å². The number of thiazole rings is 1. The second-order valence-electron chi connectivity index (χ2n) is 4.47. The Morgan fingerprint density at radius 2 is 2.10 bits per heavy atom. The van der Waals surface area contributed by atoms with Gasteiger partial charge in [-0.05, 0) is 37.0 Å². The normalized spacial score (nSPS) is 10.2. The Labute approximate surface area is 122 Å². The van der Waals surface area contributed by atoms with Crippen molar-refractivity contribution < 1.29 is 9.53 Å². The van der Waals surface area contributed by atoms with Crippen LogP contribution in [-0.2, 0) is 11.2 Å². The Balaban J connectivity index is 1.64. The molecule has 2 rings (SSSR count). The van der Waals surface area contributed by atoms with Gasteiger partial charge in [0.05, 0.1) is 18.8 Å². The number of ether oxygens (including phenoxy) is 1. The summed E-state index contributed by atoms with van der Waals surface area (Å²) in [6, 6.07) is 8.06. The van der Waals surface area contributed by atoms with Gasteiger partial charge in [0.1, 0.15) is 10.8 Å². The van der Waals surface area contributed by atoms with Crippen molar-refractivity contribution >= 4 is 22.2 Å². The summed E-state index contributed by atoms with van der Waals surface area (Å²) >= 11 is 1.44. The molecule has 0 aliphatic heterocycles. The van der Waals surface area contributed by atoms with Crippen molar-refractivity contribution in [3.63, 3.8) is 0 Å². The van der Waals surface area contributed by atoms with E-state index in [4.69, 9.17) is 4.74 Å². The van der Waals surface area contributed by atoms with E-state index < -0.39 is 0 Å². The van der Waals surface area contributed by atoms with Gasteiger partial charge in [-0.1, -0.05) is 12.1 Å². The number of unbranched alkanes of at least 4 members (excludes halogenated alkanes) is 1.